The molecule has 0 aromatic carbocycles. The van der Waals surface area contributed by atoms with Crippen LogP contribution in [0.1, 0.15) is 6.42 Å². The number of β-amino-alcohol motifs (C(OH)–C–C–N with tert-alkyl or cyclic N) is 1. The van der Waals surface area contributed by atoms with Crippen LogP contribution < -0.4 is 10.2 Å². The van der Waals surface area contributed by atoms with Crippen LogP contribution in [0.4, 0.5) is 5.82 Å². The van der Waals surface area contributed by atoms with Gasteiger partial charge in [0.25, 0.3) is 0 Å². The molecule has 0 spiro atoms. The number of aromatic nitrogens is 4. The van der Waals surface area contributed by atoms with E-state index in [4.69, 9.17) is 0 Å². The van der Waals surface area contributed by atoms with Gasteiger partial charge in [0, 0.05) is 44.4 Å². The van der Waals surface area contributed by atoms with E-state index in [1.165, 1.54) is 0 Å². The van der Waals surface area contributed by atoms with Gasteiger partial charge in [-0.15, -0.1) is 0 Å². The van der Waals surface area contributed by atoms with Gasteiger partial charge in [0.2, 0.25) is 5.91 Å². The van der Waals surface area contributed by atoms with Crippen molar-refractivity contribution in [2.75, 3.05) is 24.5 Å². The van der Waals surface area contributed by atoms with Crippen molar-refractivity contribution < 1.29 is 9.90 Å². The SMILES string of the molecule is O=C(Cn1ccnc1)NC[C@@]1(O)CCN(c2cnccn2)C1. The maximum atomic E-state index is 11.9. The van der Waals surface area contributed by atoms with Crippen LogP contribution in [0, 0.1) is 0 Å². The molecule has 2 aromatic rings. The highest BCUT2D eigenvalue weighted by Crippen LogP contribution is 2.24. The topological polar surface area (TPSA) is 96.2 Å². The van der Waals surface area contributed by atoms with Crippen LogP contribution in [-0.4, -0.2) is 55.8 Å². The molecule has 2 aromatic heterocycles. The number of anilines is 1. The Balaban J connectivity index is 1.51. The van der Waals surface area contributed by atoms with Gasteiger partial charge < -0.3 is 19.9 Å². The van der Waals surface area contributed by atoms with Crippen molar-refractivity contribution in [1.29, 1.82) is 0 Å². The quantitative estimate of drug-likeness (QED) is 0.768. The van der Waals surface area contributed by atoms with Gasteiger partial charge >= 0.3 is 0 Å². The summed E-state index contributed by atoms with van der Waals surface area (Å²) in [4.78, 5) is 26.0. The number of nitrogens with one attached hydrogen (secondary N) is 1. The van der Waals surface area contributed by atoms with E-state index in [-0.39, 0.29) is 19.0 Å². The Morgan fingerprint density at radius 1 is 1.36 bits per heavy atom. The summed E-state index contributed by atoms with van der Waals surface area (Å²) in [6, 6.07) is 0. The van der Waals surface area contributed by atoms with Gasteiger partial charge in [-0.25, -0.2) is 9.97 Å². The maximum absolute atomic E-state index is 11.9. The molecule has 0 saturated carbocycles. The molecule has 2 N–H and O–H groups in total. The largest absolute Gasteiger partial charge is 0.386 e. The van der Waals surface area contributed by atoms with E-state index >= 15 is 0 Å². The van der Waals surface area contributed by atoms with Gasteiger partial charge in [-0.05, 0) is 6.42 Å². The fraction of sp³-hybridized carbons (Fsp3) is 0.429. The number of hydrogen-bond acceptors (Lipinski definition) is 6. The first-order valence-corrected chi connectivity index (χ1v) is 7.10. The van der Waals surface area contributed by atoms with Crippen molar-refractivity contribution in [3.8, 4) is 0 Å². The van der Waals surface area contributed by atoms with Crippen molar-refractivity contribution in [2.24, 2.45) is 0 Å². The number of carbonyl (C=O) groups excluding carboxylic acids is 1. The number of hydrogen-bond donors (Lipinski definition) is 2. The zero-order valence-electron chi connectivity index (χ0n) is 12.1. The average molecular weight is 302 g/mol. The molecule has 0 bridgehead atoms. The summed E-state index contributed by atoms with van der Waals surface area (Å²) >= 11 is 0. The molecule has 22 heavy (non-hydrogen) atoms. The summed E-state index contributed by atoms with van der Waals surface area (Å²) in [6.07, 6.45) is 10.4. The van der Waals surface area contributed by atoms with Gasteiger partial charge in [-0.3, -0.25) is 9.78 Å². The minimum Gasteiger partial charge on any atom is -0.386 e. The van der Waals surface area contributed by atoms with Crippen LogP contribution in [0.3, 0.4) is 0 Å². The maximum Gasteiger partial charge on any atom is 0.240 e. The lowest BCUT2D eigenvalue weighted by Crippen LogP contribution is -2.45. The number of imidazole rings is 1. The summed E-state index contributed by atoms with van der Waals surface area (Å²) in [7, 11) is 0. The molecule has 3 heterocycles. The predicted molar refractivity (Wildman–Crippen MR) is 79.0 cm³/mol. The van der Waals surface area contributed by atoms with E-state index < -0.39 is 5.60 Å². The highest BCUT2D eigenvalue weighted by molar-refractivity contribution is 5.75. The molecule has 3 rings (SSSR count). The van der Waals surface area contributed by atoms with Crippen molar-refractivity contribution >= 4 is 11.7 Å². The minimum absolute atomic E-state index is 0.149. The molecule has 1 atom stereocenters. The highest BCUT2D eigenvalue weighted by Gasteiger charge is 2.36. The Kier molecular flexibility index (Phi) is 4.01. The van der Waals surface area contributed by atoms with Crippen LogP contribution in [0.5, 0.6) is 0 Å². The van der Waals surface area contributed by atoms with Crippen molar-refractivity contribution in [1.82, 2.24) is 24.8 Å². The molecule has 0 aliphatic carbocycles. The highest BCUT2D eigenvalue weighted by atomic mass is 16.3. The molecule has 1 fully saturated rings. The van der Waals surface area contributed by atoms with Crippen LogP contribution in [0.2, 0.25) is 0 Å². The standard InChI is InChI=1S/C14H18N6O2/c21-13(8-19-6-4-16-11-19)18-9-14(22)1-5-20(10-14)12-7-15-2-3-17-12/h2-4,6-7,11,22H,1,5,8-10H2,(H,18,21)/t14-/m0/s1. The second-order valence-electron chi connectivity index (χ2n) is 5.47. The average Bonchev–Trinajstić information content (AvgIpc) is 3.17. The summed E-state index contributed by atoms with van der Waals surface area (Å²) in [5.74, 6) is 0.590. The van der Waals surface area contributed by atoms with Gasteiger partial charge in [-0.1, -0.05) is 0 Å². The lowest BCUT2D eigenvalue weighted by molar-refractivity contribution is -0.122. The first kappa shape index (κ1) is 14.5. The summed E-state index contributed by atoms with van der Waals surface area (Å²) < 4.78 is 1.68. The molecule has 0 unspecified atom stereocenters. The molecular formula is C14H18N6O2. The Hall–Kier alpha value is -2.48. The summed E-state index contributed by atoms with van der Waals surface area (Å²) in [6.45, 7) is 1.53. The molecule has 1 saturated heterocycles. The lowest BCUT2D eigenvalue weighted by Gasteiger charge is -2.24. The van der Waals surface area contributed by atoms with Crippen molar-refractivity contribution in [3.05, 3.63) is 37.3 Å². The van der Waals surface area contributed by atoms with E-state index in [0.717, 1.165) is 5.82 Å². The second-order valence-corrected chi connectivity index (χ2v) is 5.47. The molecule has 1 aliphatic rings. The predicted octanol–water partition coefficient (Wildman–Crippen LogP) is -0.569. The Labute approximate surface area is 127 Å². The smallest absolute Gasteiger partial charge is 0.240 e. The van der Waals surface area contributed by atoms with Crippen LogP contribution in [0.15, 0.2) is 37.3 Å². The van der Waals surface area contributed by atoms with E-state index in [0.29, 0.717) is 19.5 Å². The van der Waals surface area contributed by atoms with Crippen LogP contribution >= 0.6 is 0 Å². The van der Waals surface area contributed by atoms with Crippen LogP contribution in [0.25, 0.3) is 0 Å². The second kappa shape index (κ2) is 6.10. The van der Waals surface area contributed by atoms with Crippen molar-refractivity contribution in [2.45, 2.75) is 18.6 Å². The molecule has 116 valence electrons. The van der Waals surface area contributed by atoms with Gasteiger partial charge in [0.05, 0.1) is 12.5 Å². The fourth-order valence-electron chi connectivity index (χ4n) is 2.52. The molecular weight excluding hydrogens is 284 g/mol. The zero-order valence-corrected chi connectivity index (χ0v) is 12.1. The molecule has 0 radical (unpaired) electrons. The molecule has 1 amide bonds. The van der Waals surface area contributed by atoms with E-state index in [9.17, 15) is 9.90 Å². The van der Waals surface area contributed by atoms with E-state index in [2.05, 4.69) is 20.3 Å². The monoisotopic (exact) mass is 302 g/mol. The van der Waals surface area contributed by atoms with Gasteiger partial charge in [0.1, 0.15) is 18.0 Å². The van der Waals surface area contributed by atoms with Gasteiger partial charge in [-0.2, -0.15) is 0 Å². The summed E-state index contributed by atoms with van der Waals surface area (Å²) in [5.41, 5.74) is -0.942. The number of nitrogens with zero attached hydrogens (tertiary/aromatic N) is 5. The molecule has 8 nitrogen and oxygen atoms in total. The van der Waals surface area contributed by atoms with Gasteiger partial charge in [0.15, 0.2) is 0 Å². The Bertz CT molecular complexity index is 618. The third-order valence-corrected chi connectivity index (χ3v) is 3.71. The third kappa shape index (κ3) is 3.40. The summed E-state index contributed by atoms with van der Waals surface area (Å²) in [5, 5.41) is 13.3. The Morgan fingerprint density at radius 3 is 3.00 bits per heavy atom. The number of aliphatic hydroxyl groups is 1. The first-order valence-electron chi connectivity index (χ1n) is 7.10. The Morgan fingerprint density at radius 2 is 2.27 bits per heavy atom. The van der Waals surface area contributed by atoms with Crippen LogP contribution in [-0.2, 0) is 11.3 Å². The molecule has 1 aliphatic heterocycles. The van der Waals surface area contributed by atoms with E-state index in [1.807, 2.05) is 4.90 Å². The number of amides is 1. The zero-order chi connectivity index (χ0) is 15.4. The number of carbonyl (C=O) groups is 1. The fourth-order valence-corrected chi connectivity index (χ4v) is 2.52. The minimum atomic E-state index is -0.942. The lowest BCUT2D eigenvalue weighted by atomic mass is 10.0. The first-order chi connectivity index (χ1) is 10.6. The molecule has 8 heteroatoms. The normalized spacial score (nSPS) is 21.0. The number of rotatable bonds is 5. The third-order valence-electron chi connectivity index (χ3n) is 3.71. The van der Waals surface area contributed by atoms with Crippen molar-refractivity contribution in [3.63, 3.8) is 0 Å². The van der Waals surface area contributed by atoms with E-state index in [1.54, 1.807) is 41.9 Å².